The average Bonchev–Trinajstić information content (AvgIpc) is 3.53. The topological polar surface area (TPSA) is 13.0 Å². The fourth-order valence-electron chi connectivity index (χ4n) is 12.5. The van der Waals surface area contributed by atoms with Gasteiger partial charge < -0.3 is 19.6 Å². The molecule has 0 N–H and O–H groups in total. The van der Waals surface area contributed by atoms with Crippen LogP contribution in [0.5, 0.6) is 0 Å². The van der Waals surface area contributed by atoms with Gasteiger partial charge in [-0.1, -0.05) is 206 Å². The van der Waals surface area contributed by atoms with E-state index < -0.39 is 0 Å². The maximum Gasteiger partial charge on any atom is 0.0975 e. The quantitative estimate of drug-likeness (QED) is 0.0893. The van der Waals surface area contributed by atoms with Crippen molar-refractivity contribution in [1.82, 2.24) is 0 Å². The summed E-state index contributed by atoms with van der Waals surface area (Å²) in [5, 5.41) is 14.3. The van der Waals surface area contributed by atoms with Crippen LogP contribution in [0.15, 0.2) is 315 Å². The molecule has 15 rings (SSSR count). The number of para-hydroxylation sites is 8. The fraction of sp³-hybridized carbons (Fsp3) is 0. The third kappa shape index (κ3) is 7.68. The van der Waals surface area contributed by atoms with Crippen molar-refractivity contribution in [3.63, 3.8) is 0 Å². The molecular weight excluding hydrogens is 969 g/mol. The summed E-state index contributed by atoms with van der Waals surface area (Å²) in [5.74, 6) is 0. The minimum atomic E-state index is 0.976. The van der Waals surface area contributed by atoms with Crippen molar-refractivity contribution < 1.29 is 0 Å². The molecule has 0 spiro atoms. The Balaban J connectivity index is 1.34. The monoisotopic (exact) mass is 1020 g/mol. The summed E-state index contributed by atoms with van der Waals surface area (Å²) in [4.78, 5) is 10.1. The second-order valence-electron chi connectivity index (χ2n) is 20.4. The molecule has 0 aliphatic carbocycles. The molecule has 0 aliphatic heterocycles. The summed E-state index contributed by atoms with van der Waals surface area (Å²) in [6.07, 6.45) is 0. The van der Waals surface area contributed by atoms with Gasteiger partial charge in [0, 0.05) is 61.7 Å². The van der Waals surface area contributed by atoms with Crippen LogP contribution in [0.25, 0.3) is 64.6 Å². The van der Waals surface area contributed by atoms with Gasteiger partial charge in [0.15, 0.2) is 0 Å². The highest BCUT2D eigenvalue weighted by Crippen LogP contribution is 2.64. The van der Waals surface area contributed by atoms with E-state index in [1.165, 1.54) is 53.9 Å². The van der Waals surface area contributed by atoms with E-state index >= 15 is 0 Å². The van der Waals surface area contributed by atoms with Crippen molar-refractivity contribution in [1.29, 1.82) is 0 Å². The molecule has 0 bridgehead atoms. The number of hydrogen-bond acceptors (Lipinski definition) is 4. The van der Waals surface area contributed by atoms with Crippen LogP contribution in [0.3, 0.4) is 0 Å². The second kappa shape index (κ2) is 19.7. The number of hydrogen-bond donors (Lipinski definition) is 0. The molecule has 0 aromatic heterocycles. The molecule has 80 heavy (non-hydrogen) atoms. The average molecular weight is 1020 g/mol. The Kier molecular flexibility index (Phi) is 11.5. The highest BCUT2D eigenvalue weighted by Gasteiger charge is 2.38. The van der Waals surface area contributed by atoms with E-state index in [-0.39, 0.29) is 0 Å². The molecule has 0 saturated heterocycles. The maximum atomic E-state index is 2.55. The Bertz CT molecular complexity index is 4510. The molecule has 15 aromatic carbocycles. The van der Waals surface area contributed by atoms with Crippen molar-refractivity contribution >= 4 is 133 Å². The van der Waals surface area contributed by atoms with E-state index in [2.05, 4.69) is 335 Å². The van der Waals surface area contributed by atoms with Crippen LogP contribution >= 0.6 is 0 Å². The Morgan fingerprint density at radius 3 is 0.863 bits per heavy atom. The van der Waals surface area contributed by atoms with Crippen LogP contribution in [-0.4, -0.2) is 0 Å². The number of anilines is 12. The number of fused-ring (bicyclic) bond motifs is 6. The Labute approximate surface area is 465 Å². The van der Waals surface area contributed by atoms with Crippen molar-refractivity contribution in [2.24, 2.45) is 0 Å². The largest absolute Gasteiger partial charge is 0.308 e. The zero-order chi connectivity index (χ0) is 52.9. The molecule has 376 valence electrons. The second-order valence-corrected chi connectivity index (χ2v) is 20.4. The Hall–Kier alpha value is -10.7. The van der Waals surface area contributed by atoms with Gasteiger partial charge in [-0.25, -0.2) is 0 Å². The highest BCUT2D eigenvalue weighted by atomic mass is 15.3. The van der Waals surface area contributed by atoms with Gasteiger partial charge in [-0.15, -0.1) is 0 Å². The lowest BCUT2D eigenvalue weighted by Crippen LogP contribution is -2.24. The van der Waals surface area contributed by atoms with Gasteiger partial charge in [0.25, 0.3) is 0 Å². The Morgan fingerprint density at radius 1 is 0.150 bits per heavy atom. The van der Waals surface area contributed by atoms with Crippen LogP contribution in [-0.2, 0) is 0 Å². The van der Waals surface area contributed by atoms with E-state index in [0.717, 1.165) is 79.0 Å². The third-order valence-corrected chi connectivity index (χ3v) is 15.8. The van der Waals surface area contributed by atoms with Crippen LogP contribution in [0.2, 0.25) is 0 Å². The molecule has 15 aromatic rings. The van der Waals surface area contributed by atoms with Gasteiger partial charge in [-0.3, -0.25) is 0 Å². The van der Waals surface area contributed by atoms with E-state index in [4.69, 9.17) is 0 Å². The minimum absolute atomic E-state index is 0.976. The zero-order valence-corrected chi connectivity index (χ0v) is 43.8. The van der Waals surface area contributed by atoms with Crippen LogP contribution in [0, 0.1) is 0 Å². The van der Waals surface area contributed by atoms with Crippen LogP contribution in [0.4, 0.5) is 68.2 Å². The molecule has 0 aliphatic rings. The van der Waals surface area contributed by atoms with Gasteiger partial charge in [0.2, 0.25) is 0 Å². The minimum Gasteiger partial charge on any atom is -0.308 e. The fourth-order valence-corrected chi connectivity index (χ4v) is 12.5. The van der Waals surface area contributed by atoms with E-state index in [9.17, 15) is 0 Å². The standard InChI is InChI=1S/C76H52N4/c1-9-32-55(33-10-1)77(56-34-11-2-12-35-56)73-68-52-67-63-48-26-25-29-54(63)51-66-64-49-27-30-53-31-28-50-65(69(53)64)71(70(66)67)72(68)74(78(57-36-13-3-14-37-57)58-38-15-4-16-39-58)76(80(61-44-21-7-22-45-61)62-46-23-8-24-47-62)75(73)79(59-40-17-5-18-41-59)60-42-19-6-20-43-60/h1-52H. The molecule has 0 atom stereocenters. The van der Waals surface area contributed by atoms with Gasteiger partial charge in [-0.2, -0.15) is 0 Å². The lowest BCUT2D eigenvalue weighted by molar-refractivity contribution is 1.19. The highest BCUT2D eigenvalue weighted by molar-refractivity contribution is 6.44. The Morgan fingerprint density at radius 2 is 0.450 bits per heavy atom. The lowest BCUT2D eigenvalue weighted by atomic mass is 9.83. The van der Waals surface area contributed by atoms with Crippen molar-refractivity contribution in [3.05, 3.63) is 315 Å². The first kappa shape index (κ1) is 46.6. The first-order valence-corrected chi connectivity index (χ1v) is 27.4. The lowest BCUT2D eigenvalue weighted by Gasteiger charge is -2.42. The molecule has 0 radical (unpaired) electrons. The smallest absolute Gasteiger partial charge is 0.0975 e. The summed E-state index contributed by atoms with van der Waals surface area (Å²) in [7, 11) is 0. The molecule has 4 heteroatoms. The molecule has 0 fully saturated rings. The molecule has 0 heterocycles. The summed E-state index contributed by atoms with van der Waals surface area (Å²) >= 11 is 0. The van der Waals surface area contributed by atoms with Gasteiger partial charge in [-0.05, 0) is 158 Å². The third-order valence-electron chi connectivity index (χ3n) is 15.8. The predicted octanol–water partition coefficient (Wildman–Crippen LogP) is 21.9. The maximum absolute atomic E-state index is 2.55. The van der Waals surface area contributed by atoms with E-state index in [0.29, 0.717) is 0 Å². The van der Waals surface area contributed by atoms with Crippen molar-refractivity contribution in [2.75, 3.05) is 19.6 Å². The number of nitrogens with zero attached hydrogens (tertiary/aromatic N) is 4. The van der Waals surface area contributed by atoms with Crippen LogP contribution < -0.4 is 19.6 Å². The van der Waals surface area contributed by atoms with Crippen molar-refractivity contribution in [2.45, 2.75) is 0 Å². The molecule has 0 saturated carbocycles. The summed E-state index contributed by atoms with van der Waals surface area (Å²) in [6.45, 7) is 0. The van der Waals surface area contributed by atoms with Crippen molar-refractivity contribution in [3.8, 4) is 0 Å². The summed E-state index contributed by atoms with van der Waals surface area (Å²) < 4.78 is 0. The SMILES string of the molecule is c1ccc(N(c2ccccc2)c2c(N(c3ccccc3)c3ccccc3)c(N(c3ccccc3)c3ccccc3)c3c(cc4c5ccccc5cc5c6cccc7cccc(c76)c3c45)c2N(c2ccccc2)c2ccccc2)cc1. The van der Waals surface area contributed by atoms with E-state index in [1.54, 1.807) is 0 Å². The summed E-state index contributed by atoms with van der Waals surface area (Å²) in [6, 6.07) is 115. The predicted molar refractivity (Wildman–Crippen MR) is 341 cm³/mol. The molecule has 4 nitrogen and oxygen atoms in total. The van der Waals surface area contributed by atoms with Gasteiger partial charge in [0.05, 0.1) is 22.7 Å². The first-order chi connectivity index (χ1) is 39.8. The summed E-state index contributed by atoms with van der Waals surface area (Å²) in [5.41, 5.74) is 12.1. The van der Waals surface area contributed by atoms with E-state index in [1.807, 2.05) is 0 Å². The molecular formula is C76H52N4. The van der Waals surface area contributed by atoms with Crippen LogP contribution in [0.1, 0.15) is 0 Å². The van der Waals surface area contributed by atoms with Gasteiger partial charge >= 0.3 is 0 Å². The molecule has 0 amide bonds. The number of benzene rings is 15. The zero-order valence-electron chi connectivity index (χ0n) is 43.8. The first-order valence-electron chi connectivity index (χ1n) is 27.4. The van der Waals surface area contributed by atoms with Gasteiger partial charge in [0.1, 0.15) is 0 Å². The number of rotatable bonds is 12. The normalized spacial score (nSPS) is 11.5. The molecule has 0 unspecified atom stereocenters.